The molecule has 2 rings (SSSR count). The standard InChI is InChI=1S/C16H24N2O2/c1-4-11(2)14(16(19)20-3)18-13-9-5-7-12-8-6-10-17-15(12)13/h6,8,10-11,13-14,18H,4-5,7,9H2,1-3H3. The molecule has 4 nitrogen and oxygen atoms in total. The Morgan fingerprint density at radius 3 is 3.10 bits per heavy atom. The van der Waals surface area contributed by atoms with Crippen LogP contribution in [-0.4, -0.2) is 24.1 Å². The lowest BCUT2D eigenvalue weighted by atomic mass is 9.90. The number of carbonyl (C=O) groups is 1. The number of esters is 1. The molecule has 0 aliphatic heterocycles. The molecule has 0 saturated carbocycles. The molecule has 0 amide bonds. The summed E-state index contributed by atoms with van der Waals surface area (Å²) in [7, 11) is 1.45. The molecule has 0 spiro atoms. The van der Waals surface area contributed by atoms with Crippen LogP contribution in [0.2, 0.25) is 0 Å². The van der Waals surface area contributed by atoms with Gasteiger partial charge in [-0.3, -0.25) is 15.1 Å². The van der Waals surface area contributed by atoms with E-state index in [2.05, 4.69) is 30.2 Å². The molecule has 0 aromatic carbocycles. The fourth-order valence-electron chi connectivity index (χ4n) is 2.82. The molecular weight excluding hydrogens is 252 g/mol. The second-order valence-corrected chi connectivity index (χ2v) is 5.55. The fourth-order valence-corrected chi connectivity index (χ4v) is 2.82. The van der Waals surface area contributed by atoms with Crippen LogP contribution in [0.3, 0.4) is 0 Å². The predicted molar refractivity (Wildman–Crippen MR) is 78.3 cm³/mol. The normalized spacial score (nSPS) is 20.9. The van der Waals surface area contributed by atoms with Crippen molar-refractivity contribution in [3.05, 3.63) is 29.6 Å². The SMILES string of the molecule is CCC(C)C(NC1CCCc2cccnc21)C(=O)OC. The van der Waals surface area contributed by atoms with E-state index in [1.165, 1.54) is 12.7 Å². The van der Waals surface area contributed by atoms with E-state index < -0.39 is 0 Å². The largest absolute Gasteiger partial charge is 0.468 e. The summed E-state index contributed by atoms with van der Waals surface area (Å²) in [5.41, 5.74) is 2.39. The Bertz CT molecular complexity index is 462. The summed E-state index contributed by atoms with van der Waals surface area (Å²) in [6.45, 7) is 4.17. The lowest BCUT2D eigenvalue weighted by Crippen LogP contribution is -2.45. The van der Waals surface area contributed by atoms with Gasteiger partial charge in [-0.25, -0.2) is 0 Å². The lowest BCUT2D eigenvalue weighted by Gasteiger charge is -2.30. The number of aromatic nitrogens is 1. The van der Waals surface area contributed by atoms with Crippen LogP contribution >= 0.6 is 0 Å². The number of hydrogen-bond donors (Lipinski definition) is 1. The van der Waals surface area contributed by atoms with Gasteiger partial charge in [-0.2, -0.15) is 0 Å². The average Bonchev–Trinajstić information content (AvgIpc) is 2.51. The monoisotopic (exact) mass is 276 g/mol. The van der Waals surface area contributed by atoms with Crippen molar-refractivity contribution in [3.8, 4) is 0 Å². The summed E-state index contributed by atoms with van der Waals surface area (Å²) >= 11 is 0. The van der Waals surface area contributed by atoms with Gasteiger partial charge in [0.15, 0.2) is 0 Å². The first-order valence-electron chi connectivity index (χ1n) is 7.45. The third-order valence-corrected chi connectivity index (χ3v) is 4.24. The van der Waals surface area contributed by atoms with Crippen LogP contribution in [0.4, 0.5) is 0 Å². The number of carbonyl (C=O) groups excluding carboxylic acids is 1. The van der Waals surface area contributed by atoms with Crippen molar-refractivity contribution < 1.29 is 9.53 Å². The maximum atomic E-state index is 12.0. The van der Waals surface area contributed by atoms with Gasteiger partial charge in [0.1, 0.15) is 6.04 Å². The van der Waals surface area contributed by atoms with Crippen molar-refractivity contribution >= 4 is 5.97 Å². The van der Waals surface area contributed by atoms with Crippen molar-refractivity contribution in [2.24, 2.45) is 5.92 Å². The molecule has 0 saturated heterocycles. The molecule has 0 radical (unpaired) electrons. The second-order valence-electron chi connectivity index (χ2n) is 5.55. The van der Waals surface area contributed by atoms with Crippen molar-refractivity contribution in [1.82, 2.24) is 10.3 Å². The first-order valence-corrected chi connectivity index (χ1v) is 7.45. The molecule has 20 heavy (non-hydrogen) atoms. The van der Waals surface area contributed by atoms with E-state index in [-0.39, 0.29) is 24.0 Å². The summed E-state index contributed by atoms with van der Waals surface area (Å²) < 4.78 is 4.94. The molecule has 0 fully saturated rings. The Hall–Kier alpha value is -1.42. The zero-order valence-corrected chi connectivity index (χ0v) is 12.6. The van der Waals surface area contributed by atoms with Gasteiger partial charge in [-0.05, 0) is 36.8 Å². The van der Waals surface area contributed by atoms with Crippen LogP contribution in [0.1, 0.15) is 50.4 Å². The maximum absolute atomic E-state index is 12.0. The van der Waals surface area contributed by atoms with Gasteiger partial charge in [0, 0.05) is 6.20 Å². The summed E-state index contributed by atoms with van der Waals surface area (Å²) in [6.07, 6.45) is 6.00. The van der Waals surface area contributed by atoms with E-state index in [9.17, 15) is 4.79 Å². The average molecular weight is 276 g/mol. The molecule has 1 aliphatic rings. The second kappa shape index (κ2) is 6.84. The molecule has 1 aromatic rings. The highest BCUT2D eigenvalue weighted by Gasteiger charge is 2.30. The number of nitrogens with one attached hydrogen (secondary N) is 1. The van der Waals surface area contributed by atoms with Crippen LogP contribution in [0.5, 0.6) is 0 Å². The van der Waals surface area contributed by atoms with E-state index in [0.29, 0.717) is 0 Å². The van der Waals surface area contributed by atoms with Crippen LogP contribution in [0, 0.1) is 5.92 Å². The van der Waals surface area contributed by atoms with Crippen molar-refractivity contribution in [1.29, 1.82) is 0 Å². The molecule has 0 bridgehead atoms. The Kier molecular flexibility index (Phi) is 5.12. The number of ether oxygens (including phenoxy) is 1. The Morgan fingerprint density at radius 2 is 2.40 bits per heavy atom. The van der Waals surface area contributed by atoms with Crippen molar-refractivity contribution in [2.45, 2.75) is 51.6 Å². The summed E-state index contributed by atoms with van der Waals surface area (Å²) in [6, 6.07) is 4.00. The van der Waals surface area contributed by atoms with E-state index in [1.54, 1.807) is 0 Å². The van der Waals surface area contributed by atoms with Gasteiger partial charge in [-0.15, -0.1) is 0 Å². The summed E-state index contributed by atoms with van der Waals surface area (Å²) in [5, 5.41) is 3.48. The minimum absolute atomic E-state index is 0.151. The zero-order chi connectivity index (χ0) is 14.5. The number of rotatable bonds is 5. The van der Waals surface area contributed by atoms with Gasteiger partial charge in [0.05, 0.1) is 18.8 Å². The van der Waals surface area contributed by atoms with Crippen LogP contribution in [0.25, 0.3) is 0 Å². The van der Waals surface area contributed by atoms with E-state index in [4.69, 9.17) is 4.74 Å². The first-order chi connectivity index (χ1) is 9.67. The van der Waals surface area contributed by atoms with Crippen LogP contribution in [0.15, 0.2) is 18.3 Å². The number of hydrogen-bond acceptors (Lipinski definition) is 4. The highest BCUT2D eigenvalue weighted by molar-refractivity contribution is 5.76. The molecule has 1 heterocycles. The van der Waals surface area contributed by atoms with Crippen molar-refractivity contribution in [2.75, 3.05) is 7.11 Å². The number of aryl methyl sites for hydroxylation is 1. The topological polar surface area (TPSA) is 51.2 Å². The highest BCUT2D eigenvalue weighted by Crippen LogP contribution is 2.29. The predicted octanol–water partition coefficient (Wildman–Crippen LogP) is 2.64. The molecule has 1 aliphatic carbocycles. The van der Waals surface area contributed by atoms with E-state index >= 15 is 0 Å². The van der Waals surface area contributed by atoms with Crippen LogP contribution in [-0.2, 0) is 16.0 Å². The van der Waals surface area contributed by atoms with Gasteiger partial charge >= 0.3 is 5.97 Å². The van der Waals surface area contributed by atoms with E-state index in [1.807, 2.05) is 12.3 Å². The molecule has 1 N–H and O–H groups in total. The molecule has 3 unspecified atom stereocenters. The molecule has 4 heteroatoms. The van der Waals surface area contributed by atoms with Gasteiger partial charge in [0.25, 0.3) is 0 Å². The smallest absolute Gasteiger partial charge is 0.323 e. The van der Waals surface area contributed by atoms with E-state index in [0.717, 1.165) is 31.4 Å². The van der Waals surface area contributed by atoms with Crippen molar-refractivity contribution in [3.63, 3.8) is 0 Å². The molecule has 1 aromatic heterocycles. The molecular formula is C16H24N2O2. The third-order valence-electron chi connectivity index (χ3n) is 4.24. The third kappa shape index (κ3) is 3.18. The lowest BCUT2D eigenvalue weighted by molar-refractivity contribution is -0.144. The minimum Gasteiger partial charge on any atom is -0.468 e. The van der Waals surface area contributed by atoms with Gasteiger partial charge in [0.2, 0.25) is 0 Å². The maximum Gasteiger partial charge on any atom is 0.323 e. The summed E-state index contributed by atoms with van der Waals surface area (Å²) in [4.78, 5) is 16.5. The Balaban J connectivity index is 2.17. The van der Waals surface area contributed by atoms with Crippen LogP contribution < -0.4 is 5.32 Å². The fraction of sp³-hybridized carbons (Fsp3) is 0.625. The zero-order valence-electron chi connectivity index (χ0n) is 12.6. The number of methoxy groups -OCH3 is 1. The quantitative estimate of drug-likeness (QED) is 0.840. The number of nitrogens with zero attached hydrogens (tertiary/aromatic N) is 1. The first kappa shape index (κ1) is 15.0. The number of pyridine rings is 1. The Morgan fingerprint density at radius 1 is 1.60 bits per heavy atom. The highest BCUT2D eigenvalue weighted by atomic mass is 16.5. The van der Waals surface area contributed by atoms with Gasteiger partial charge in [-0.1, -0.05) is 26.3 Å². The number of fused-ring (bicyclic) bond motifs is 1. The van der Waals surface area contributed by atoms with Gasteiger partial charge < -0.3 is 4.74 Å². The minimum atomic E-state index is -0.261. The molecule has 3 atom stereocenters. The molecule has 110 valence electrons. The Labute approximate surface area is 120 Å². The summed E-state index contributed by atoms with van der Waals surface area (Å²) in [5.74, 6) is 0.0685.